The van der Waals surface area contributed by atoms with Crippen LogP contribution >= 0.6 is 0 Å². The van der Waals surface area contributed by atoms with E-state index in [0.29, 0.717) is 11.7 Å². The van der Waals surface area contributed by atoms with E-state index in [0.717, 1.165) is 72.2 Å². The number of para-hydroxylation sites is 1. The Morgan fingerprint density at radius 1 is 0.500 bits per heavy atom. The van der Waals surface area contributed by atoms with E-state index >= 15 is 0 Å². The van der Waals surface area contributed by atoms with Gasteiger partial charge in [-0.1, -0.05) is 60.7 Å². The lowest BCUT2D eigenvalue weighted by molar-refractivity contribution is 0.623. The van der Waals surface area contributed by atoms with Gasteiger partial charge in [0, 0.05) is 52.9 Å². The summed E-state index contributed by atoms with van der Waals surface area (Å²) in [6.07, 6.45) is 7.14. The smallest absolute Gasteiger partial charge is 0.227 e. The first-order valence-electron chi connectivity index (χ1n) is 15.0. The summed E-state index contributed by atoms with van der Waals surface area (Å²) in [7, 11) is 0. The standard InChI is InChI=1S/C39H24N6O/c1-2-6-29(7-3-1)39-43-31-14-15-34-36(37(31)46-39)30-8-4-5-9-33(30)45(34)35-24-32(42-38(44-35)28-18-22-41-23-19-28)27-12-10-25(11-13-27)26-16-20-40-21-17-26/h1-24H. The van der Waals surface area contributed by atoms with Crippen molar-refractivity contribution in [2.45, 2.75) is 0 Å². The molecule has 4 aromatic carbocycles. The average Bonchev–Trinajstić information content (AvgIpc) is 3.72. The van der Waals surface area contributed by atoms with E-state index in [9.17, 15) is 0 Å². The van der Waals surface area contributed by atoms with Crippen molar-refractivity contribution in [1.82, 2.24) is 29.5 Å². The first-order valence-corrected chi connectivity index (χ1v) is 15.0. The second kappa shape index (κ2) is 10.6. The highest BCUT2D eigenvalue weighted by Crippen LogP contribution is 2.39. The quantitative estimate of drug-likeness (QED) is 0.198. The molecule has 0 aliphatic rings. The zero-order chi connectivity index (χ0) is 30.5. The second-order valence-corrected chi connectivity index (χ2v) is 11.0. The molecule has 0 amide bonds. The van der Waals surface area contributed by atoms with E-state index in [2.05, 4.69) is 69.1 Å². The monoisotopic (exact) mass is 592 g/mol. The normalized spacial score (nSPS) is 11.5. The lowest BCUT2D eigenvalue weighted by atomic mass is 10.0. The third-order valence-corrected chi connectivity index (χ3v) is 8.29. The van der Waals surface area contributed by atoms with Crippen LogP contribution in [0.3, 0.4) is 0 Å². The van der Waals surface area contributed by atoms with Gasteiger partial charge in [0.05, 0.1) is 22.1 Å². The summed E-state index contributed by atoms with van der Waals surface area (Å²) in [5.41, 5.74) is 9.41. The summed E-state index contributed by atoms with van der Waals surface area (Å²) in [6.45, 7) is 0. The summed E-state index contributed by atoms with van der Waals surface area (Å²) < 4.78 is 8.68. The summed E-state index contributed by atoms with van der Waals surface area (Å²) in [4.78, 5) is 23.4. The second-order valence-electron chi connectivity index (χ2n) is 11.0. The Hall–Kier alpha value is -6.47. The summed E-state index contributed by atoms with van der Waals surface area (Å²) in [5, 5.41) is 2.06. The van der Waals surface area contributed by atoms with Crippen molar-refractivity contribution < 1.29 is 4.42 Å². The van der Waals surface area contributed by atoms with E-state index in [1.54, 1.807) is 12.4 Å². The van der Waals surface area contributed by atoms with E-state index in [4.69, 9.17) is 19.4 Å². The number of pyridine rings is 2. The number of rotatable bonds is 5. The van der Waals surface area contributed by atoms with E-state index in [1.807, 2.05) is 79.1 Å². The zero-order valence-electron chi connectivity index (χ0n) is 24.4. The third-order valence-electron chi connectivity index (χ3n) is 8.29. The molecule has 9 aromatic rings. The molecule has 0 aliphatic carbocycles. The highest BCUT2D eigenvalue weighted by Gasteiger charge is 2.21. The fourth-order valence-electron chi connectivity index (χ4n) is 6.09. The minimum absolute atomic E-state index is 0.597. The fraction of sp³-hybridized carbons (Fsp3) is 0. The number of aromatic nitrogens is 6. The number of nitrogens with zero attached hydrogens (tertiary/aromatic N) is 6. The molecule has 0 unspecified atom stereocenters. The molecule has 0 fully saturated rings. The third kappa shape index (κ3) is 4.33. The van der Waals surface area contributed by atoms with Crippen molar-refractivity contribution in [2.75, 3.05) is 0 Å². The fourth-order valence-corrected chi connectivity index (χ4v) is 6.09. The first kappa shape index (κ1) is 26.0. The number of hydrogen-bond acceptors (Lipinski definition) is 6. The molecule has 216 valence electrons. The highest BCUT2D eigenvalue weighted by atomic mass is 16.3. The maximum absolute atomic E-state index is 6.49. The zero-order valence-corrected chi connectivity index (χ0v) is 24.4. The molecule has 46 heavy (non-hydrogen) atoms. The molecule has 0 aliphatic heterocycles. The summed E-state index contributed by atoms with van der Waals surface area (Å²) in [6, 6.07) is 40.9. The van der Waals surface area contributed by atoms with Gasteiger partial charge in [0.25, 0.3) is 0 Å². The van der Waals surface area contributed by atoms with Gasteiger partial charge in [-0.05, 0) is 65.7 Å². The predicted octanol–water partition coefficient (Wildman–Crippen LogP) is 9.17. The number of oxazole rings is 1. The molecule has 0 N–H and O–H groups in total. The molecule has 0 saturated heterocycles. The molecule has 9 rings (SSSR count). The van der Waals surface area contributed by atoms with Crippen LogP contribution in [0.1, 0.15) is 0 Å². The van der Waals surface area contributed by atoms with Gasteiger partial charge in [-0.15, -0.1) is 0 Å². The van der Waals surface area contributed by atoms with Crippen LogP contribution in [0.2, 0.25) is 0 Å². The number of fused-ring (bicyclic) bond motifs is 5. The summed E-state index contributed by atoms with van der Waals surface area (Å²) in [5.74, 6) is 1.97. The van der Waals surface area contributed by atoms with Crippen molar-refractivity contribution in [1.29, 1.82) is 0 Å². The Labute approximate surface area is 263 Å². The topological polar surface area (TPSA) is 82.5 Å². The van der Waals surface area contributed by atoms with Gasteiger partial charge < -0.3 is 4.42 Å². The largest absolute Gasteiger partial charge is 0.435 e. The van der Waals surface area contributed by atoms with Crippen LogP contribution in [0.5, 0.6) is 0 Å². The minimum Gasteiger partial charge on any atom is -0.435 e. The number of hydrogen-bond donors (Lipinski definition) is 0. The van der Waals surface area contributed by atoms with Crippen LogP contribution in [-0.4, -0.2) is 29.5 Å². The van der Waals surface area contributed by atoms with Crippen molar-refractivity contribution in [3.63, 3.8) is 0 Å². The van der Waals surface area contributed by atoms with Crippen LogP contribution < -0.4 is 0 Å². The number of benzene rings is 4. The molecule has 7 nitrogen and oxygen atoms in total. The van der Waals surface area contributed by atoms with Gasteiger partial charge in [-0.2, -0.15) is 0 Å². The van der Waals surface area contributed by atoms with Crippen LogP contribution in [0.4, 0.5) is 0 Å². The average molecular weight is 593 g/mol. The predicted molar refractivity (Wildman–Crippen MR) is 181 cm³/mol. The van der Waals surface area contributed by atoms with Crippen LogP contribution in [-0.2, 0) is 0 Å². The van der Waals surface area contributed by atoms with E-state index in [-0.39, 0.29) is 0 Å². The van der Waals surface area contributed by atoms with Crippen LogP contribution in [0.25, 0.3) is 83.9 Å². The van der Waals surface area contributed by atoms with Gasteiger partial charge in [0.2, 0.25) is 5.89 Å². The highest BCUT2D eigenvalue weighted by molar-refractivity contribution is 6.19. The molecule has 5 aromatic heterocycles. The van der Waals surface area contributed by atoms with E-state index < -0.39 is 0 Å². The van der Waals surface area contributed by atoms with Crippen molar-refractivity contribution >= 4 is 32.9 Å². The Balaban J connectivity index is 1.27. The van der Waals surface area contributed by atoms with Gasteiger partial charge in [-0.3, -0.25) is 14.5 Å². The van der Waals surface area contributed by atoms with E-state index in [1.165, 1.54) is 0 Å². The van der Waals surface area contributed by atoms with Crippen LogP contribution in [0, 0.1) is 0 Å². The van der Waals surface area contributed by atoms with Crippen LogP contribution in [0.15, 0.2) is 151 Å². The maximum Gasteiger partial charge on any atom is 0.227 e. The van der Waals surface area contributed by atoms with Gasteiger partial charge in [0.1, 0.15) is 11.3 Å². The minimum atomic E-state index is 0.597. The molecule has 0 atom stereocenters. The van der Waals surface area contributed by atoms with Crippen molar-refractivity contribution in [3.8, 4) is 51.0 Å². The van der Waals surface area contributed by atoms with Crippen molar-refractivity contribution in [2.24, 2.45) is 0 Å². The first-order chi connectivity index (χ1) is 22.8. The summed E-state index contributed by atoms with van der Waals surface area (Å²) >= 11 is 0. The lowest BCUT2D eigenvalue weighted by Gasteiger charge is -2.12. The van der Waals surface area contributed by atoms with Crippen molar-refractivity contribution in [3.05, 3.63) is 146 Å². The molecule has 0 spiro atoms. The molecule has 0 saturated carbocycles. The van der Waals surface area contributed by atoms with Gasteiger partial charge in [-0.25, -0.2) is 15.0 Å². The maximum atomic E-state index is 6.49. The van der Waals surface area contributed by atoms with Gasteiger partial charge >= 0.3 is 0 Å². The molecule has 7 heteroatoms. The molecule has 0 radical (unpaired) electrons. The Kier molecular flexibility index (Phi) is 5.99. The Morgan fingerprint density at radius 2 is 1.17 bits per heavy atom. The Morgan fingerprint density at radius 3 is 1.96 bits per heavy atom. The lowest BCUT2D eigenvalue weighted by Crippen LogP contribution is -2.02. The van der Waals surface area contributed by atoms with Gasteiger partial charge in [0.15, 0.2) is 11.4 Å². The molecule has 5 heterocycles. The molecular weight excluding hydrogens is 568 g/mol. The Bertz CT molecular complexity index is 2510. The SMILES string of the molecule is c1ccc(-c2nc3ccc4c(c5ccccc5n4-c4cc(-c5ccc(-c6ccncc6)cc5)nc(-c5ccncc5)n4)c3o2)cc1. The molecular formula is C39H24N6O. The molecule has 0 bridgehead atoms.